The standard InChI is InChI=1S/C31H50O19/c1-44-17-4-11(2-3-14(17)34)29-18(48-31-28(43)26(41)24(39)20(50-31)10-45-22(37)8-21(35)36)7-13-15(46-29)5-12(33)6-16(13)47-30-27(42)25(40)23(38)19(9-32)49-30/h11-20,23-34,38-43H,2-10H2,1H3,(H,35,36)/t11?,12?,13?,14?,15?,16?,17?,18?,19-,20-,23-,24-,25+,26+,27-,28-,29?,30-,31-/m1/s1. The molecule has 3 aliphatic heterocycles. The van der Waals surface area contributed by atoms with E-state index in [9.17, 15) is 55.5 Å². The third-order valence-corrected chi connectivity index (χ3v) is 10.6. The molecule has 19 heteroatoms. The lowest BCUT2D eigenvalue weighted by Gasteiger charge is -2.52. The van der Waals surface area contributed by atoms with Crippen molar-refractivity contribution < 1.29 is 93.8 Å². The summed E-state index contributed by atoms with van der Waals surface area (Å²) >= 11 is 0. The molecule has 0 spiro atoms. The highest BCUT2D eigenvalue weighted by Gasteiger charge is 2.54. The van der Waals surface area contributed by atoms with Gasteiger partial charge in [0.15, 0.2) is 12.6 Å². The second-order valence-corrected chi connectivity index (χ2v) is 13.9. The summed E-state index contributed by atoms with van der Waals surface area (Å²) in [4.78, 5) is 22.7. The number of esters is 1. The Balaban J connectivity index is 1.37. The van der Waals surface area contributed by atoms with Crippen LogP contribution in [0.1, 0.15) is 44.9 Å². The summed E-state index contributed by atoms with van der Waals surface area (Å²) in [7, 11) is 1.48. The molecule has 5 aliphatic rings. The number of methoxy groups -OCH3 is 1. The zero-order valence-electron chi connectivity index (χ0n) is 27.5. The molecule has 0 aromatic heterocycles. The molecule has 0 amide bonds. The van der Waals surface area contributed by atoms with Gasteiger partial charge in [-0.25, -0.2) is 0 Å². The summed E-state index contributed by atoms with van der Waals surface area (Å²) < 4.78 is 40.8. The first kappa shape index (κ1) is 39.5. The summed E-state index contributed by atoms with van der Waals surface area (Å²) in [5.41, 5.74) is 0. The van der Waals surface area contributed by atoms with E-state index in [-0.39, 0.29) is 25.2 Å². The molecular weight excluding hydrogens is 676 g/mol. The third kappa shape index (κ3) is 8.75. The van der Waals surface area contributed by atoms with Crippen LogP contribution in [0.25, 0.3) is 0 Å². The van der Waals surface area contributed by atoms with Crippen molar-refractivity contribution in [2.24, 2.45) is 11.8 Å². The average Bonchev–Trinajstić information content (AvgIpc) is 3.08. The fourth-order valence-corrected chi connectivity index (χ4v) is 7.81. The Hall–Kier alpha value is -1.66. The van der Waals surface area contributed by atoms with Crippen molar-refractivity contribution in [1.82, 2.24) is 0 Å². The van der Waals surface area contributed by atoms with E-state index in [0.29, 0.717) is 19.3 Å². The minimum atomic E-state index is -1.82. The normalized spacial score (nSPS) is 48.4. The number of ether oxygens (including phenoxy) is 7. The molecule has 2 saturated carbocycles. The number of hydrogen-bond donors (Lipinski definition) is 10. The number of hydrogen-bond acceptors (Lipinski definition) is 18. The minimum Gasteiger partial charge on any atom is -0.481 e. The summed E-state index contributed by atoms with van der Waals surface area (Å²) in [6.07, 6.45) is -20.7. The molecule has 3 saturated heterocycles. The molecule has 5 fully saturated rings. The highest BCUT2D eigenvalue weighted by molar-refractivity contribution is 5.90. The van der Waals surface area contributed by atoms with Crippen LogP contribution in [-0.2, 0) is 42.7 Å². The Morgan fingerprint density at radius 3 is 1.94 bits per heavy atom. The van der Waals surface area contributed by atoms with E-state index in [0.717, 1.165) is 0 Å². The SMILES string of the molecule is COC1CC(C2OC3CC(O)CC(O[C@@H]4O[C@H](CO)[C@@H](O)[C@H](O)[C@H]4O)C3CC2O[C@@H]2O[C@H](COC(=O)CC(=O)O)[C@@H](O)[C@H](O)[C@H]2O)CCC1O. The molecule has 0 radical (unpaired) electrons. The molecule has 5 rings (SSSR count). The first-order valence-electron chi connectivity index (χ1n) is 16.9. The van der Waals surface area contributed by atoms with Crippen LogP contribution in [-0.4, -0.2) is 187 Å². The fraction of sp³-hybridized carbons (Fsp3) is 0.935. The maximum absolute atomic E-state index is 11.8. The molecule has 2 aliphatic carbocycles. The van der Waals surface area contributed by atoms with Crippen molar-refractivity contribution >= 4 is 11.9 Å². The average molecular weight is 727 g/mol. The molecule has 9 unspecified atom stereocenters. The molecule has 3 heterocycles. The number of fused-ring (bicyclic) bond motifs is 1. The van der Waals surface area contributed by atoms with Crippen LogP contribution in [0, 0.1) is 11.8 Å². The molecular formula is C31H50O19. The number of carboxylic acid groups (broad SMARTS) is 1. The van der Waals surface area contributed by atoms with E-state index in [2.05, 4.69) is 0 Å². The lowest BCUT2D eigenvalue weighted by atomic mass is 9.72. The van der Waals surface area contributed by atoms with Gasteiger partial charge < -0.3 is 84.2 Å². The van der Waals surface area contributed by atoms with Crippen LogP contribution >= 0.6 is 0 Å². The maximum Gasteiger partial charge on any atom is 0.317 e. The van der Waals surface area contributed by atoms with Crippen molar-refractivity contribution in [2.45, 2.75) is 149 Å². The Bertz CT molecular complexity index is 1130. The molecule has 0 aromatic rings. The molecule has 288 valence electrons. The number of carbonyl (C=O) groups is 2. The Kier molecular flexibility index (Phi) is 13.4. The molecule has 0 bridgehead atoms. The predicted octanol–water partition coefficient (Wildman–Crippen LogP) is -4.51. The van der Waals surface area contributed by atoms with Gasteiger partial charge in [-0.15, -0.1) is 0 Å². The van der Waals surface area contributed by atoms with E-state index < -0.39 is 142 Å². The summed E-state index contributed by atoms with van der Waals surface area (Å²) in [6.45, 7) is -1.33. The summed E-state index contributed by atoms with van der Waals surface area (Å²) in [5, 5.41) is 103. The number of rotatable bonds is 11. The number of aliphatic carboxylic acids is 1. The second kappa shape index (κ2) is 17.0. The van der Waals surface area contributed by atoms with Gasteiger partial charge in [-0.05, 0) is 38.0 Å². The van der Waals surface area contributed by atoms with Crippen LogP contribution in [0.5, 0.6) is 0 Å². The molecule has 19 atom stereocenters. The van der Waals surface area contributed by atoms with E-state index in [4.69, 9.17) is 38.3 Å². The van der Waals surface area contributed by atoms with Crippen LogP contribution in [0.15, 0.2) is 0 Å². The number of aliphatic hydroxyl groups excluding tert-OH is 9. The van der Waals surface area contributed by atoms with Crippen molar-refractivity contribution in [3.63, 3.8) is 0 Å². The lowest BCUT2D eigenvalue weighted by molar-refractivity contribution is -0.344. The van der Waals surface area contributed by atoms with Crippen LogP contribution < -0.4 is 0 Å². The highest BCUT2D eigenvalue weighted by atomic mass is 16.7. The smallest absolute Gasteiger partial charge is 0.317 e. The van der Waals surface area contributed by atoms with Gasteiger partial charge in [0.2, 0.25) is 0 Å². The van der Waals surface area contributed by atoms with Crippen LogP contribution in [0.2, 0.25) is 0 Å². The van der Waals surface area contributed by atoms with Gasteiger partial charge in [0, 0.05) is 19.4 Å². The maximum atomic E-state index is 11.8. The fourth-order valence-electron chi connectivity index (χ4n) is 7.81. The first-order chi connectivity index (χ1) is 23.7. The first-order valence-corrected chi connectivity index (χ1v) is 16.9. The van der Waals surface area contributed by atoms with E-state index >= 15 is 0 Å². The van der Waals surface area contributed by atoms with Crippen molar-refractivity contribution in [1.29, 1.82) is 0 Å². The predicted molar refractivity (Wildman–Crippen MR) is 160 cm³/mol. The molecule has 50 heavy (non-hydrogen) atoms. The molecule has 19 nitrogen and oxygen atoms in total. The van der Waals surface area contributed by atoms with Crippen molar-refractivity contribution in [2.75, 3.05) is 20.3 Å². The zero-order chi connectivity index (χ0) is 36.4. The van der Waals surface area contributed by atoms with Gasteiger partial charge in [-0.2, -0.15) is 0 Å². The monoisotopic (exact) mass is 726 g/mol. The van der Waals surface area contributed by atoms with Gasteiger partial charge in [0.05, 0.1) is 49.3 Å². The highest BCUT2D eigenvalue weighted by Crippen LogP contribution is 2.45. The summed E-state index contributed by atoms with van der Waals surface area (Å²) in [5.74, 6) is -3.37. The Labute approximate surface area is 287 Å². The number of aliphatic hydroxyl groups is 9. The summed E-state index contributed by atoms with van der Waals surface area (Å²) in [6, 6.07) is 0. The zero-order valence-corrected chi connectivity index (χ0v) is 27.5. The minimum absolute atomic E-state index is 0.0511. The van der Waals surface area contributed by atoms with Crippen molar-refractivity contribution in [3.8, 4) is 0 Å². The second-order valence-electron chi connectivity index (χ2n) is 13.9. The van der Waals surface area contributed by atoms with Crippen LogP contribution in [0.3, 0.4) is 0 Å². The van der Waals surface area contributed by atoms with Crippen molar-refractivity contribution in [3.05, 3.63) is 0 Å². The topological polar surface area (TPSA) is 301 Å². The van der Waals surface area contributed by atoms with Gasteiger partial charge in [0.25, 0.3) is 0 Å². The van der Waals surface area contributed by atoms with E-state index in [1.165, 1.54) is 7.11 Å². The third-order valence-electron chi connectivity index (χ3n) is 10.6. The van der Waals surface area contributed by atoms with Gasteiger partial charge in [-0.1, -0.05) is 0 Å². The molecule has 10 N–H and O–H groups in total. The van der Waals surface area contributed by atoms with E-state index in [1.807, 2.05) is 0 Å². The lowest BCUT2D eigenvalue weighted by Crippen LogP contribution is -2.63. The van der Waals surface area contributed by atoms with Gasteiger partial charge in [-0.3, -0.25) is 9.59 Å². The Morgan fingerprint density at radius 1 is 0.700 bits per heavy atom. The number of carbonyl (C=O) groups excluding carboxylic acids is 1. The van der Waals surface area contributed by atoms with Gasteiger partial charge in [0.1, 0.15) is 61.9 Å². The van der Waals surface area contributed by atoms with Gasteiger partial charge >= 0.3 is 11.9 Å². The van der Waals surface area contributed by atoms with E-state index in [1.54, 1.807) is 0 Å². The molecule has 0 aromatic carbocycles. The van der Waals surface area contributed by atoms with Crippen LogP contribution in [0.4, 0.5) is 0 Å². The number of carboxylic acids is 1. The largest absolute Gasteiger partial charge is 0.481 e. The quantitative estimate of drug-likeness (QED) is 0.0708. The Morgan fingerprint density at radius 2 is 1.32 bits per heavy atom.